The van der Waals surface area contributed by atoms with Crippen molar-refractivity contribution in [2.75, 3.05) is 13.1 Å². The Balaban J connectivity index is 1.71. The van der Waals surface area contributed by atoms with Gasteiger partial charge in [-0.05, 0) is 36.2 Å². The maximum atomic E-state index is 12.8. The molecular formula is C17H19FN2O3S. The SMILES string of the molecule is O=C(CCNS(=O)(=O)c1ccc(F)cc1)NCCc1ccccc1. The molecule has 0 heterocycles. The van der Waals surface area contributed by atoms with E-state index in [1.54, 1.807) is 0 Å². The molecule has 24 heavy (non-hydrogen) atoms. The Bertz CT molecular complexity index is 762. The predicted octanol–water partition coefficient (Wildman–Crippen LogP) is 1.85. The third-order valence-corrected chi connectivity index (χ3v) is 4.82. The smallest absolute Gasteiger partial charge is 0.240 e. The molecule has 0 spiro atoms. The van der Waals surface area contributed by atoms with E-state index in [2.05, 4.69) is 10.0 Å². The van der Waals surface area contributed by atoms with Gasteiger partial charge in [-0.15, -0.1) is 0 Å². The summed E-state index contributed by atoms with van der Waals surface area (Å²) >= 11 is 0. The molecule has 7 heteroatoms. The van der Waals surface area contributed by atoms with Crippen LogP contribution in [0.3, 0.4) is 0 Å². The number of rotatable bonds is 8. The lowest BCUT2D eigenvalue weighted by atomic mass is 10.1. The highest BCUT2D eigenvalue weighted by atomic mass is 32.2. The van der Waals surface area contributed by atoms with E-state index in [9.17, 15) is 17.6 Å². The second-order valence-electron chi connectivity index (χ2n) is 5.19. The van der Waals surface area contributed by atoms with Gasteiger partial charge in [0, 0.05) is 19.5 Å². The molecule has 2 N–H and O–H groups in total. The lowest BCUT2D eigenvalue weighted by Gasteiger charge is -2.08. The normalized spacial score (nSPS) is 11.2. The van der Waals surface area contributed by atoms with Crippen LogP contribution in [0.4, 0.5) is 4.39 Å². The van der Waals surface area contributed by atoms with Crippen LogP contribution in [0, 0.1) is 5.82 Å². The van der Waals surface area contributed by atoms with Crippen molar-refractivity contribution in [3.05, 3.63) is 66.0 Å². The molecule has 0 atom stereocenters. The highest BCUT2D eigenvalue weighted by Crippen LogP contribution is 2.09. The molecule has 0 radical (unpaired) electrons. The van der Waals surface area contributed by atoms with Gasteiger partial charge in [0.15, 0.2) is 0 Å². The van der Waals surface area contributed by atoms with Gasteiger partial charge < -0.3 is 5.32 Å². The number of hydrogen-bond donors (Lipinski definition) is 2. The van der Waals surface area contributed by atoms with E-state index < -0.39 is 15.8 Å². The molecule has 2 aromatic carbocycles. The standard InChI is InChI=1S/C17H19FN2O3S/c18-15-6-8-16(9-7-15)24(22,23)20-13-11-17(21)19-12-10-14-4-2-1-3-5-14/h1-9,20H,10-13H2,(H,19,21). The van der Waals surface area contributed by atoms with Gasteiger partial charge in [-0.2, -0.15) is 0 Å². The van der Waals surface area contributed by atoms with Crippen LogP contribution in [0.1, 0.15) is 12.0 Å². The molecule has 0 saturated carbocycles. The number of carbonyl (C=O) groups is 1. The third-order valence-electron chi connectivity index (χ3n) is 3.35. The van der Waals surface area contributed by atoms with Crippen LogP contribution >= 0.6 is 0 Å². The van der Waals surface area contributed by atoms with Gasteiger partial charge in [-0.3, -0.25) is 4.79 Å². The van der Waals surface area contributed by atoms with Crippen LogP contribution in [0.25, 0.3) is 0 Å². The molecule has 0 bridgehead atoms. The molecule has 0 fully saturated rings. The van der Waals surface area contributed by atoms with Gasteiger partial charge in [0.2, 0.25) is 15.9 Å². The molecule has 5 nitrogen and oxygen atoms in total. The summed E-state index contributed by atoms with van der Waals surface area (Å²) in [7, 11) is -3.73. The van der Waals surface area contributed by atoms with Crippen molar-refractivity contribution < 1.29 is 17.6 Å². The van der Waals surface area contributed by atoms with Crippen molar-refractivity contribution in [1.82, 2.24) is 10.0 Å². The molecule has 0 unspecified atom stereocenters. The summed E-state index contributed by atoms with van der Waals surface area (Å²) in [5.74, 6) is -0.737. The molecule has 0 aromatic heterocycles. The quantitative estimate of drug-likeness (QED) is 0.763. The fourth-order valence-corrected chi connectivity index (χ4v) is 3.11. The van der Waals surface area contributed by atoms with Crippen LogP contribution < -0.4 is 10.0 Å². The second kappa shape index (κ2) is 8.56. The van der Waals surface area contributed by atoms with Crippen LogP contribution in [-0.4, -0.2) is 27.4 Å². The van der Waals surface area contributed by atoms with Crippen LogP contribution in [-0.2, 0) is 21.2 Å². The molecule has 128 valence electrons. The molecular weight excluding hydrogens is 331 g/mol. The Morgan fingerprint density at radius 2 is 1.62 bits per heavy atom. The topological polar surface area (TPSA) is 75.3 Å². The van der Waals surface area contributed by atoms with Crippen LogP contribution in [0.2, 0.25) is 0 Å². The zero-order valence-electron chi connectivity index (χ0n) is 13.0. The molecule has 2 rings (SSSR count). The van der Waals surface area contributed by atoms with Gasteiger partial charge in [0.25, 0.3) is 0 Å². The number of carbonyl (C=O) groups excluding carboxylic acids is 1. The average Bonchev–Trinajstić information content (AvgIpc) is 2.56. The van der Waals surface area contributed by atoms with E-state index in [1.165, 1.54) is 12.1 Å². The molecule has 0 aliphatic heterocycles. The first kappa shape index (κ1) is 18.1. The Morgan fingerprint density at radius 3 is 2.29 bits per heavy atom. The van der Waals surface area contributed by atoms with E-state index >= 15 is 0 Å². The van der Waals surface area contributed by atoms with E-state index in [0.29, 0.717) is 13.0 Å². The molecule has 0 aliphatic carbocycles. The summed E-state index contributed by atoms with van der Waals surface area (Å²) in [4.78, 5) is 11.7. The monoisotopic (exact) mass is 350 g/mol. The lowest BCUT2D eigenvalue weighted by Crippen LogP contribution is -2.31. The van der Waals surface area contributed by atoms with Gasteiger partial charge in [0.05, 0.1) is 4.90 Å². The number of sulfonamides is 1. The van der Waals surface area contributed by atoms with Gasteiger partial charge in [-0.1, -0.05) is 30.3 Å². The van der Waals surface area contributed by atoms with Gasteiger partial charge in [0.1, 0.15) is 5.82 Å². The number of halogens is 1. The lowest BCUT2D eigenvalue weighted by molar-refractivity contribution is -0.120. The van der Waals surface area contributed by atoms with Crippen molar-refractivity contribution in [2.45, 2.75) is 17.7 Å². The molecule has 0 aliphatic rings. The summed E-state index contributed by atoms with van der Waals surface area (Å²) in [6.45, 7) is 0.477. The number of hydrogen-bond acceptors (Lipinski definition) is 3. The summed E-state index contributed by atoms with van der Waals surface area (Å²) < 4.78 is 39.0. The molecule has 1 amide bonds. The van der Waals surface area contributed by atoms with Crippen molar-refractivity contribution in [3.8, 4) is 0 Å². The van der Waals surface area contributed by atoms with E-state index in [0.717, 1.165) is 17.7 Å². The number of benzene rings is 2. The number of amides is 1. The Kier molecular flexibility index (Phi) is 6.45. The zero-order valence-corrected chi connectivity index (χ0v) is 13.9. The minimum atomic E-state index is -3.73. The van der Waals surface area contributed by atoms with E-state index in [-0.39, 0.29) is 23.8 Å². The minimum Gasteiger partial charge on any atom is -0.356 e. The van der Waals surface area contributed by atoms with Crippen LogP contribution in [0.5, 0.6) is 0 Å². The average molecular weight is 350 g/mol. The van der Waals surface area contributed by atoms with E-state index in [1.807, 2.05) is 30.3 Å². The Labute approximate surface area is 141 Å². The maximum absolute atomic E-state index is 12.8. The van der Waals surface area contributed by atoms with Gasteiger partial charge >= 0.3 is 0 Å². The van der Waals surface area contributed by atoms with E-state index in [4.69, 9.17) is 0 Å². The maximum Gasteiger partial charge on any atom is 0.240 e. The summed E-state index contributed by atoms with van der Waals surface area (Å²) in [6, 6.07) is 14.2. The summed E-state index contributed by atoms with van der Waals surface area (Å²) in [6.07, 6.45) is 0.753. The first-order chi connectivity index (χ1) is 11.5. The molecule has 2 aromatic rings. The third kappa shape index (κ3) is 5.75. The predicted molar refractivity (Wildman–Crippen MR) is 89.4 cm³/mol. The number of nitrogens with one attached hydrogen (secondary N) is 2. The Morgan fingerprint density at radius 1 is 0.958 bits per heavy atom. The Hall–Kier alpha value is -2.25. The van der Waals surface area contributed by atoms with Crippen molar-refractivity contribution in [2.24, 2.45) is 0 Å². The minimum absolute atomic E-state index is 0.0170. The fraction of sp³-hybridized carbons (Fsp3) is 0.235. The zero-order chi connectivity index (χ0) is 17.4. The largest absolute Gasteiger partial charge is 0.356 e. The summed E-state index contributed by atoms with van der Waals surface area (Å²) in [5.41, 5.74) is 1.12. The first-order valence-corrected chi connectivity index (χ1v) is 9.01. The van der Waals surface area contributed by atoms with Crippen molar-refractivity contribution >= 4 is 15.9 Å². The second-order valence-corrected chi connectivity index (χ2v) is 6.95. The highest BCUT2D eigenvalue weighted by Gasteiger charge is 2.14. The highest BCUT2D eigenvalue weighted by molar-refractivity contribution is 7.89. The van der Waals surface area contributed by atoms with Crippen molar-refractivity contribution in [1.29, 1.82) is 0 Å². The van der Waals surface area contributed by atoms with Crippen LogP contribution in [0.15, 0.2) is 59.5 Å². The molecule has 0 saturated heterocycles. The van der Waals surface area contributed by atoms with Crippen molar-refractivity contribution in [3.63, 3.8) is 0 Å². The van der Waals surface area contributed by atoms with Gasteiger partial charge in [-0.25, -0.2) is 17.5 Å². The fourth-order valence-electron chi connectivity index (χ4n) is 2.08. The first-order valence-electron chi connectivity index (χ1n) is 7.53. The summed E-state index contributed by atoms with van der Waals surface area (Å²) in [5, 5.41) is 2.74.